The van der Waals surface area contributed by atoms with E-state index in [1.54, 1.807) is 66.9 Å². The maximum absolute atomic E-state index is 12.3. The Kier molecular flexibility index (Phi) is 7.50. The molecule has 0 unspecified atom stereocenters. The summed E-state index contributed by atoms with van der Waals surface area (Å²) in [5, 5.41) is 11.5. The van der Waals surface area contributed by atoms with Crippen molar-refractivity contribution in [1.29, 1.82) is 0 Å². The standard InChI is InChI=1S/C25H28N4O4/c1-25(2,3)29-24(32)17-9-11-19(12-10-17)28-22(30)16-26-20-7-4-6-18(14-20)23(31)27-15-21-8-5-13-33-21/h4-14,26H,15-16H2,1-3H3,(H,27,31)(H,28,30)(H,29,32). The summed E-state index contributed by atoms with van der Waals surface area (Å²) in [4.78, 5) is 36.8. The lowest BCUT2D eigenvalue weighted by Gasteiger charge is -2.20. The molecule has 3 amide bonds. The van der Waals surface area contributed by atoms with Crippen LogP contribution < -0.4 is 21.3 Å². The Morgan fingerprint density at radius 2 is 1.61 bits per heavy atom. The molecule has 2 aromatic carbocycles. The van der Waals surface area contributed by atoms with Crippen molar-refractivity contribution in [2.75, 3.05) is 17.2 Å². The number of carbonyl (C=O) groups excluding carboxylic acids is 3. The molecular formula is C25H28N4O4. The lowest BCUT2D eigenvalue weighted by Crippen LogP contribution is -2.40. The van der Waals surface area contributed by atoms with E-state index in [0.29, 0.717) is 34.8 Å². The van der Waals surface area contributed by atoms with Crippen molar-refractivity contribution in [2.45, 2.75) is 32.9 Å². The minimum atomic E-state index is -0.326. The molecule has 0 spiro atoms. The molecule has 1 aromatic heterocycles. The lowest BCUT2D eigenvalue weighted by molar-refractivity contribution is -0.114. The molecule has 0 saturated carbocycles. The smallest absolute Gasteiger partial charge is 0.251 e. The fourth-order valence-corrected chi connectivity index (χ4v) is 2.96. The normalized spacial score (nSPS) is 10.9. The molecule has 8 heteroatoms. The van der Waals surface area contributed by atoms with Gasteiger partial charge in [0.25, 0.3) is 11.8 Å². The van der Waals surface area contributed by atoms with Crippen LogP contribution in [0.15, 0.2) is 71.3 Å². The quantitative estimate of drug-likeness (QED) is 0.419. The van der Waals surface area contributed by atoms with Crippen LogP contribution in [0.1, 0.15) is 47.2 Å². The van der Waals surface area contributed by atoms with Crippen molar-refractivity contribution >= 4 is 29.1 Å². The van der Waals surface area contributed by atoms with Crippen LogP contribution in [-0.2, 0) is 11.3 Å². The van der Waals surface area contributed by atoms with Crippen molar-refractivity contribution in [2.24, 2.45) is 0 Å². The van der Waals surface area contributed by atoms with Crippen LogP contribution in [0.5, 0.6) is 0 Å². The summed E-state index contributed by atoms with van der Waals surface area (Å²) in [5.74, 6) is -0.00283. The predicted octanol–water partition coefficient (Wildman–Crippen LogP) is 3.79. The predicted molar refractivity (Wildman–Crippen MR) is 127 cm³/mol. The third-order valence-electron chi connectivity index (χ3n) is 4.50. The Hall–Kier alpha value is -4.07. The van der Waals surface area contributed by atoms with Crippen molar-refractivity contribution in [3.63, 3.8) is 0 Å². The van der Waals surface area contributed by atoms with Gasteiger partial charge in [-0.1, -0.05) is 6.07 Å². The van der Waals surface area contributed by atoms with Gasteiger partial charge in [0, 0.05) is 28.0 Å². The number of anilines is 2. The molecule has 1 heterocycles. The minimum absolute atomic E-state index is 0.0176. The average molecular weight is 449 g/mol. The van der Waals surface area contributed by atoms with Crippen LogP contribution in [-0.4, -0.2) is 29.8 Å². The Balaban J connectivity index is 1.49. The van der Waals surface area contributed by atoms with E-state index in [1.165, 1.54) is 0 Å². The maximum atomic E-state index is 12.3. The topological polar surface area (TPSA) is 112 Å². The van der Waals surface area contributed by atoms with Crippen molar-refractivity contribution in [3.8, 4) is 0 Å². The van der Waals surface area contributed by atoms with E-state index in [1.807, 2.05) is 20.8 Å². The number of hydrogen-bond donors (Lipinski definition) is 4. The Morgan fingerprint density at radius 3 is 2.27 bits per heavy atom. The first kappa shape index (κ1) is 23.6. The van der Waals surface area contributed by atoms with Crippen LogP contribution in [0.25, 0.3) is 0 Å². The van der Waals surface area contributed by atoms with Crippen LogP contribution in [0, 0.1) is 0 Å². The summed E-state index contributed by atoms with van der Waals surface area (Å²) in [6.45, 7) is 6.05. The van der Waals surface area contributed by atoms with E-state index in [4.69, 9.17) is 4.42 Å². The first-order valence-corrected chi connectivity index (χ1v) is 10.6. The highest BCUT2D eigenvalue weighted by atomic mass is 16.3. The van der Waals surface area contributed by atoms with Crippen molar-refractivity contribution in [1.82, 2.24) is 10.6 Å². The summed E-state index contributed by atoms with van der Waals surface area (Å²) in [6.07, 6.45) is 1.55. The molecule has 0 radical (unpaired) electrons. The number of nitrogens with one attached hydrogen (secondary N) is 4. The second-order valence-corrected chi connectivity index (χ2v) is 8.53. The summed E-state index contributed by atoms with van der Waals surface area (Å²) < 4.78 is 5.20. The molecule has 172 valence electrons. The van der Waals surface area contributed by atoms with Crippen LogP contribution in [0.2, 0.25) is 0 Å². The van der Waals surface area contributed by atoms with Gasteiger partial charge in [-0.25, -0.2) is 0 Å². The molecule has 0 aliphatic rings. The van der Waals surface area contributed by atoms with Gasteiger partial charge in [-0.3, -0.25) is 14.4 Å². The molecule has 33 heavy (non-hydrogen) atoms. The van der Waals surface area contributed by atoms with E-state index >= 15 is 0 Å². The number of carbonyl (C=O) groups is 3. The molecule has 0 atom stereocenters. The van der Waals surface area contributed by atoms with Crippen molar-refractivity contribution < 1.29 is 18.8 Å². The van der Waals surface area contributed by atoms with E-state index in [2.05, 4.69) is 21.3 Å². The summed E-state index contributed by atoms with van der Waals surface area (Å²) >= 11 is 0. The molecule has 0 aliphatic heterocycles. The van der Waals surface area contributed by atoms with E-state index in [9.17, 15) is 14.4 Å². The number of benzene rings is 2. The summed E-state index contributed by atoms with van der Waals surface area (Å²) in [7, 11) is 0. The first-order chi connectivity index (χ1) is 15.7. The maximum Gasteiger partial charge on any atom is 0.251 e. The molecule has 0 saturated heterocycles. The Labute approximate surface area is 192 Å². The highest BCUT2D eigenvalue weighted by molar-refractivity contribution is 5.97. The van der Waals surface area contributed by atoms with Gasteiger partial charge in [0.1, 0.15) is 5.76 Å². The van der Waals surface area contributed by atoms with Gasteiger partial charge in [0.05, 0.1) is 19.4 Å². The van der Waals surface area contributed by atoms with Gasteiger partial charge >= 0.3 is 0 Å². The fraction of sp³-hybridized carbons (Fsp3) is 0.240. The number of furan rings is 1. The molecule has 0 aliphatic carbocycles. The van der Waals surface area contributed by atoms with E-state index in [-0.39, 0.29) is 29.8 Å². The zero-order chi connectivity index (χ0) is 23.8. The molecule has 0 fully saturated rings. The average Bonchev–Trinajstić information content (AvgIpc) is 3.29. The van der Waals surface area contributed by atoms with Crippen LogP contribution in [0.4, 0.5) is 11.4 Å². The molecule has 8 nitrogen and oxygen atoms in total. The SMILES string of the molecule is CC(C)(C)NC(=O)c1ccc(NC(=O)CNc2cccc(C(=O)NCc3ccco3)c2)cc1. The molecular weight excluding hydrogens is 420 g/mol. The van der Waals surface area contributed by atoms with Gasteiger partial charge in [-0.05, 0) is 75.4 Å². The van der Waals surface area contributed by atoms with Gasteiger partial charge in [-0.2, -0.15) is 0 Å². The van der Waals surface area contributed by atoms with Gasteiger partial charge in [0.2, 0.25) is 5.91 Å². The highest BCUT2D eigenvalue weighted by Gasteiger charge is 2.15. The van der Waals surface area contributed by atoms with Crippen LogP contribution in [0.3, 0.4) is 0 Å². The van der Waals surface area contributed by atoms with Gasteiger partial charge < -0.3 is 25.7 Å². The highest BCUT2D eigenvalue weighted by Crippen LogP contribution is 2.13. The largest absolute Gasteiger partial charge is 0.467 e. The Morgan fingerprint density at radius 1 is 0.848 bits per heavy atom. The molecule has 3 aromatic rings. The lowest BCUT2D eigenvalue weighted by atomic mass is 10.1. The van der Waals surface area contributed by atoms with Gasteiger partial charge in [-0.15, -0.1) is 0 Å². The van der Waals surface area contributed by atoms with E-state index < -0.39 is 0 Å². The second-order valence-electron chi connectivity index (χ2n) is 8.53. The zero-order valence-electron chi connectivity index (χ0n) is 18.9. The molecule has 3 rings (SSSR count). The summed E-state index contributed by atoms with van der Waals surface area (Å²) in [5.41, 5.74) is 1.89. The van der Waals surface area contributed by atoms with Crippen molar-refractivity contribution in [3.05, 3.63) is 83.8 Å². The minimum Gasteiger partial charge on any atom is -0.467 e. The number of hydrogen-bond acceptors (Lipinski definition) is 5. The zero-order valence-corrected chi connectivity index (χ0v) is 18.9. The third-order valence-corrected chi connectivity index (χ3v) is 4.50. The molecule has 4 N–H and O–H groups in total. The fourth-order valence-electron chi connectivity index (χ4n) is 2.96. The first-order valence-electron chi connectivity index (χ1n) is 10.6. The number of amides is 3. The Bertz CT molecular complexity index is 1100. The number of rotatable bonds is 8. The monoisotopic (exact) mass is 448 g/mol. The van der Waals surface area contributed by atoms with Crippen LogP contribution >= 0.6 is 0 Å². The third kappa shape index (κ3) is 7.53. The van der Waals surface area contributed by atoms with E-state index in [0.717, 1.165) is 0 Å². The molecule has 0 bridgehead atoms. The second kappa shape index (κ2) is 10.5. The van der Waals surface area contributed by atoms with Gasteiger partial charge in [0.15, 0.2) is 0 Å². The summed E-state index contributed by atoms with van der Waals surface area (Å²) in [6, 6.07) is 17.1.